The van der Waals surface area contributed by atoms with Crippen molar-refractivity contribution in [2.24, 2.45) is 0 Å². The zero-order valence-corrected chi connectivity index (χ0v) is 12.4. The van der Waals surface area contributed by atoms with Crippen molar-refractivity contribution in [1.82, 2.24) is 10.2 Å². The molecule has 24 heavy (non-hydrogen) atoms. The monoisotopic (exact) mass is 329 g/mol. The van der Waals surface area contributed by atoms with Crippen molar-refractivity contribution in [2.45, 2.75) is 13.0 Å². The average molecular weight is 329 g/mol. The molecule has 0 N–H and O–H groups in total. The van der Waals surface area contributed by atoms with Gasteiger partial charge in [-0.2, -0.15) is 0 Å². The lowest BCUT2D eigenvalue weighted by Gasteiger charge is -2.07. The second-order valence-corrected chi connectivity index (χ2v) is 4.77. The van der Waals surface area contributed by atoms with E-state index in [0.29, 0.717) is 5.56 Å². The molecule has 1 aromatic carbocycles. The molecule has 0 spiro atoms. The fraction of sp³-hybridized carbons (Fsp3) is 0.133. The van der Waals surface area contributed by atoms with Gasteiger partial charge in [-0.3, -0.25) is 10.1 Å². The van der Waals surface area contributed by atoms with Crippen LogP contribution in [0.4, 0.5) is 5.69 Å². The number of nitro groups is 1. The number of aromatic nitrogens is 2. The van der Waals surface area contributed by atoms with Gasteiger partial charge in [-0.05, 0) is 31.2 Å². The zero-order chi connectivity index (χ0) is 17.1. The summed E-state index contributed by atoms with van der Waals surface area (Å²) in [5, 5.41) is 18.3. The molecule has 0 saturated heterocycles. The van der Waals surface area contributed by atoms with E-state index in [0.717, 1.165) is 0 Å². The van der Waals surface area contributed by atoms with Gasteiger partial charge in [0.1, 0.15) is 0 Å². The number of nitrogens with zero attached hydrogens (tertiary/aromatic N) is 3. The molecule has 0 aliphatic carbocycles. The van der Waals surface area contributed by atoms with E-state index in [9.17, 15) is 14.9 Å². The van der Waals surface area contributed by atoms with Crippen LogP contribution in [0.15, 0.2) is 51.5 Å². The number of hydrogen-bond acceptors (Lipinski definition) is 8. The molecule has 3 rings (SSSR count). The first-order valence-electron chi connectivity index (χ1n) is 6.87. The Morgan fingerprint density at radius 1 is 1.25 bits per heavy atom. The Balaban J connectivity index is 1.72. The van der Waals surface area contributed by atoms with Gasteiger partial charge in [-0.1, -0.05) is 0 Å². The lowest BCUT2D eigenvalue weighted by molar-refractivity contribution is -0.384. The van der Waals surface area contributed by atoms with Gasteiger partial charge in [0.05, 0.1) is 11.2 Å². The van der Waals surface area contributed by atoms with E-state index in [2.05, 4.69) is 10.2 Å². The summed E-state index contributed by atoms with van der Waals surface area (Å²) in [6, 6.07) is 8.70. The molecule has 0 fully saturated rings. The molecule has 2 heterocycles. The predicted molar refractivity (Wildman–Crippen MR) is 78.9 cm³/mol. The highest BCUT2D eigenvalue weighted by Gasteiger charge is 2.21. The number of non-ortho nitro benzene ring substituents is 1. The van der Waals surface area contributed by atoms with E-state index in [1.54, 1.807) is 13.0 Å². The summed E-state index contributed by atoms with van der Waals surface area (Å²) < 4.78 is 15.6. The highest BCUT2D eigenvalue weighted by atomic mass is 16.6. The van der Waals surface area contributed by atoms with Crippen molar-refractivity contribution in [3.63, 3.8) is 0 Å². The van der Waals surface area contributed by atoms with Gasteiger partial charge in [-0.25, -0.2) is 4.79 Å². The Morgan fingerprint density at radius 2 is 2.00 bits per heavy atom. The summed E-state index contributed by atoms with van der Waals surface area (Å²) in [5.74, 6) is -0.316. The number of furan rings is 1. The number of ether oxygens (including phenoxy) is 1. The normalized spacial score (nSPS) is 11.9. The molecule has 0 aliphatic heterocycles. The molecule has 122 valence electrons. The molecule has 0 amide bonds. The van der Waals surface area contributed by atoms with Crippen molar-refractivity contribution in [3.8, 4) is 11.5 Å². The van der Waals surface area contributed by atoms with Crippen LogP contribution in [0, 0.1) is 10.1 Å². The van der Waals surface area contributed by atoms with Crippen LogP contribution >= 0.6 is 0 Å². The van der Waals surface area contributed by atoms with Gasteiger partial charge in [0, 0.05) is 17.7 Å². The summed E-state index contributed by atoms with van der Waals surface area (Å²) in [5.41, 5.74) is 0.475. The first kappa shape index (κ1) is 15.4. The Hall–Kier alpha value is -3.49. The Morgan fingerprint density at radius 3 is 2.62 bits per heavy atom. The third-order valence-electron chi connectivity index (χ3n) is 3.12. The van der Waals surface area contributed by atoms with Crippen LogP contribution in [0.2, 0.25) is 0 Å². The van der Waals surface area contributed by atoms with Gasteiger partial charge in [0.2, 0.25) is 11.7 Å². The second-order valence-electron chi connectivity index (χ2n) is 4.77. The Bertz CT molecular complexity index is 854. The summed E-state index contributed by atoms with van der Waals surface area (Å²) >= 11 is 0. The van der Waals surface area contributed by atoms with Gasteiger partial charge in [0.15, 0.2) is 6.10 Å². The lowest BCUT2D eigenvalue weighted by Crippen LogP contribution is -2.08. The number of rotatable bonds is 5. The third kappa shape index (κ3) is 3.14. The molecule has 0 bridgehead atoms. The smallest absolute Gasteiger partial charge is 0.374 e. The van der Waals surface area contributed by atoms with Gasteiger partial charge in [0.25, 0.3) is 11.6 Å². The van der Waals surface area contributed by atoms with Gasteiger partial charge < -0.3 is 13.6 Å². The van der Waals surface area contributed by atoms with Gasteiger partial charge >= 0.3 is 5.97 Å². The number of hydrogen-bond donors (Lipinski definition) is 0. The maximum absolute atomic E-state index is 11.8. The number of carbonyl (C=O) groups excluding carboxylic acids is 1. The van der Waals surface area contributed by atoms with E-state index in [1.165, 1.54) is 36.6 Å². The Kier molecular flexibility index (Phi) is 4.06. The quantitative estimate of drug-likeness (QED) is 0.397. The first-order valence-corrected chi connectivity index (χ1v) is 6.87. The van der Waals surface area contributed by atoms with Crippen LogP contribution in [-0.4, -0.2) is 21.1 Å². The van der Waals surface area contributed by atoms with Crippen molar-refractivity contribution in [2.75, 3.05) is 0 Å². The van der Waals surface area contributed by atoms with Gasteiger partial charge in [-0.15, -0.1) is 10.2 Å². The van der Waals surface area contributed by atoms with Crippen LogP contribution in [0.25, 0.3) is 11.5 Å². The van der Waals surface area contributed by atoms with E-state index >= 15 is 0 Å². The van der Waals surface area contributed by atoms with Crippen LogP contribution in [0.5, 0.6) is 0 Å². The topological polar surface area (TPSA) is 122 Å². The van der Waals surface area contributed by atoms with Crippen molar-refractivity contribution >= 4 is 11.7 Å². The van der Waals surface area contributed by atoms with Crippen molar-refractivity contribution < 1.29 is 23.3 Å². The number of benzene rings is 1. The lowest BCUT2D eigenvalue weighted by atomic mass is 10.2. The summed E-state index contributed by atoms with van der Waals surface area (Å²) in [6.45, 7) is 1.58. The maximum atomic E-state index is 11.8. The molecule has 3 aromatic rings. The highest BCUT2D eigenvalue weighted by molar-refractivity contribution is 5.86. The van der Waals surface area contributed by atoms with E-state index in [-0.39, 0.29) is 23.2 Å². The molecule has 0 aliphatic rings. The van der Waals surface area contributed by atoms with Crippen LogP contribution in [0.1, 0.15) is 29.5 Å². The molecule has 1 atom stereocenters. The fourth-order valence-electron chi connectivity index (χ4n) is 1.90. The van der Waals surface area contributed by atoms with Crippen LogP contribution in [-0.2, 0) is 4.74 Å². The zero-order valence-electron chi connectivity index (χ0n) is 12.4. The first-order chi connectivity index (χ1) is 11.5. The SMILES string of the molecule is C[C@@H](OC(=O)c1ccco1)c1nnc(-c2ccc([N+](=O)[O-])cc2)o1. The molecular weight excluding hydrogens is 318 g/mol. The second kappa shape index (κ2) is 6.32. The third-order valence-corrected chi connectivity index (χ3v) is 3.12. The number of esters is 1. The maximum Gasteiger partial charge on any atom is 0.374 e. The standard InChI is InChI=1S/C15H11N3O6/c1-9(23-15(19)12-3-2-8-22-12)13-16-17-14(24-13)10-4-6-11(7-5-10)18(20)21/h2-9H,1H3/t9-/m1/s1. The molecule has 9 nitrogen and oxygen atoms in total. The van der Waals surface area contributed by atoms with Crippen LogP contribution < -0.4 is 0 Å². The van der Waals surface area contributed by atoms with Crippen molar-refractivity contribution in [1.29, 1.82) is 0 Å². The molecule has 9 heteroatoms. The van der Waals surface area contributed by atoms with Crippen LogP contribution in [0.3, 0.4) is 0 Å². The highest BCUT2D eigenvalue weighted by Crippen LogP contribution is 2.24. The fourth-order valence-corrected chi connectivity index (χ4v) is 1.90. The minimum Gasteiger partial charge on any atom is -0.457 e. The minimum atomic E-state index is -0.776. The van der Waals surface area contributed by atoms with E-state index < -0.39 is 17.0 Å². The van der Waals surface area contributed by atoms with E-state index in [4.69, 9.17) is 13.6 Å². The molecule has 0 unspecified atom stereocenters. The largest absolute Gasteiger partial charge is 0.457 e. The predicted octanol–water partition coefficient (Wildman–Crippen LogP) is 3.16. The molecule has 2 aromatic heterocycles. The summed E-state index contributed by atoms with van der Waals surface area (Å²) in [6.07, 6.45) is 0.586. The summed E-state index contributed by atoms with van der Waals surface area (Å²) in [7, 11) is 0. The number of carbonyl (C=O) groups is 1. The van der Waals surface area contributed by atoms with E-state index in [1.807, 2.05) is 0 Å². The average Bonchev–Trinajstić information content (AvgIpc) is 3.26. The minimum absolute atomic E-state index is 0.0424. The van der Waals surface area contributed by atoms with Crippen molar-refractivity contribution in [3.05, 3.63) is 64.4 Å². The summed E-state index contributed by atoms with van der Waals surface area (Å²) in [4.78, 5) is 21.9. The molecular formula is C15H11N3O6. The Labute approximate surface area is 135 Å². The number of nitro benzene ring substituents is 1. The molecule has 0 saturated carbocycles. The molecule has 0 radical (unpaired) electrons.